The molecule has 0 heterocycles. The molecule has 0 spiro atoms. The van der Waals surface area contributed by atoms with Crippen molar-refractivity contribution < 1.29 is 22.7 Å². The molecule has 0 saturated heterocycles. The second kappa shape index (κ2) is 6.95. The number of halogens is 3. The Labute approximate surface area is 138 Å². The van der Waals surface area contributed by atoms with E-state index in [-0.39, 0.29) is 5.69 Å². The zero-order chi connectivity index (χ0) is 17.9. The van der Waals surface area contributed by atoms with E-state index in [4.69, 9.17) is 4.74 Å². The van der Waals surface area contributed by atoms with Crippen molar-refractivity contribution in [3.63, 3.8) is 0 Å². The number of aryl methyl sites for hydroxylation is 2. The Balaban J connectivity index is 2.01. The fourth-order valence-corrected chi connectivity index (χ4v) is 2.25. The third kappa shape index (κ3) is 4.75. The van der Waals surface area contributed by atoms with E-state index in [0.29, 0.717) is 5.75 Å². The van der Waals surface area contributed by atoms with E-state index in [0.717, 1.165) is 23.3 Å². The molecular formula is C18H18F3NO2. The summed E-state index contributed by atoms with van der Waals surface area (Å²) in [7, 11) is 0. The number of rotatable bonds is 4. The van der Waals surface area contributed by atoms with Crippen LogP contribution in [-0.2, 0) is 11.0 Å². The van der Waals surface area contributed by atoms with Crippen LogP contribution in [0.15, 0.2) is 42.5 Å². The van der Waals surface area contributed by atoms with Crippen molar-refractivity contribution in [3.8, 4) is 5.75 Å². The summed E-state index contributed by atoms with van der Waals surface area (Å²) < 4.78 is 43.1. The Hall–Kier alpha value is -2.50. The van der Waals surface area contributed by atoms with Crippen molar-refractivity contribution in [3.05, 3.63) is 59.2 Å². The molecule has 6 heteroatoms. The SMILES string of the molecule is Cc1cc(C)cc(O[C@@H](C)C(=O)Nc2ccc(C(F)(F)F)cc2)c1. The molecule has 128 valence electrons. The van der Waals surface area contributed by atoms with Crippen LogP contribution in [-0.4, -0.2) is 12.0 Å². The molecule has 0 aliphatic heterocycles. The molecule has 1 atom stereocenters. The van der Waals surface area contributed by atoms with Gasteiger partial charge in [-0.05, 0) is 68.3 Å². The van der Waals surface area contributed by atoms with E-state index in [1.165, 1.54) is 12.1 Å². The van der Waals surface area contributed by atoms with Crippen molar-refractivity contribution >= 4 is 11.6 Å². The summed E-state index contributed by atoms with van der Waals surface area (Å²) in [5.41, 5.74) is 1.55. The maximum atomic E-state index is 12.5. The van der Waals surface area contributed by atoms with Crippen molar-refractivity contribution in [2.75, 3.05) is 5.32 Å². The molecular weight excluding hydrogens is 319 g/mol. The summed E-state index contributed by atoms with van der Waals surface area (Å²) >= 11 is 0. The lowest BCUT2D eigenvalue weighted by Crippen LogP contribution is -2.30. The van der Waals surface area contributed by atoms with Gasteiger partial charge in [-0.1, -0.05) is 6.07 Å². The fraction of sp³-hybridized carbons (Fsp3) is 0.278. The lowest BCUT2D eigenvalue weighted by molar-refractivity contribution is -0.137. The van der Waals surface area contributed by atoms with Crippen molar-refractivity contribution in [1.29, 1.82) is 0 Å². The molecule has 24 heavy (non-hydrogen) atoms. The molecule has 3 nitrogen and oxygen atoms in total. The average Bonchev–Trinajstić information content (AvgIpc) is 2.45. The summed E-state index contributed by atoms with van der Waals surface area (Å²) in [5, 5.41) is 2.54. The lowest BCUT2D eigenvalue weighted by Gasteiger charge is -2.16. The van der Waals surface area contributed by atoms with Gasteiger partial charge in [0, 0.05) is 5.69 Å². The van der Waals surface area contributed by atoms with E-state index in [1.54, 1.807) is 6.92 Å². The fourth-order valence-electron chi connectivity index (χ4n) is 2.25. The molecule has 0 radical (unpaired) electrons. The Kier molecular flexibility index (Phi) is 5.17. The molecule has 0 aromatic heterocycles. The summed E-state index contributed by atoms with van der Waals surface area (Å²) in [4.78, 5) is 12.1. The van der Waals surface area contributed by atoms with Crippen molar-refractivity contribution in [2.24, 2.45) is 0 Å². The molecule has 1 N–H and O–H groups in total. The Morgan fingerprint density at radius 2 is 1.58 bits per heavy atom. The van der Waals surface area contributed by atoms with Gasteiger partial charge >= 0.3 is 6.18 Å². The smallest absolute Gasteiger partial charge is 0.416 e. The predicted molar refractivity (Wildman–Crippen MR) is 86.1 cm³/mol. The van der Waals surface area contributed by atoms with Gasteiger partial charge in [0.1, 0.15) is 5.75 Å². The van der Waals surface area contributed by atoms with Crippen molar-refractivity contribution in [1.82, 2.24) is 0 Å². The molecule has 2 rings (SSSR count). The first-order chi connectivity index (χ1) is 11.1. The highest BCUT2D eigenvalue weighted by atomic mass is 19.4. The van der Waals surface area contributed by atoms with E-state index in [9.17, 15) is 18.0 Å². The molecule has 1 amide bonds. The maximum absolute atomic E-state index is 12.5. The van der Waals surface area contributed by atoms with Gasteiger partial charge < -0.3 is 10.1 Å². The van der Waals surface area contributed by atoms with Gasteiger partial charge in [-0.15, -0.1) is 0 Å². The number of carbonyl (C=O) groups is 1. The lowest BCUT2D eigenvalue weighted by atomic mass is 10.1. The summed E-state index contributed by atoms with van der Waals surface area (Å²) in [6.07, 6.45) is -5.18. The normalized spacial score (nSPS) is 12.6. The number of hydrogen-bond donors (Lipinski definition) is 1. The number of alkyl halides is 3. The van der Waals surface area contributed by atoms with Crippen LogP contribution in [0.4, 0.5) is 18.9 Å². The van der Waals surface area contributed by atoms with E-state index in [1.807, 2.05) is 32.0 Å². The summed E-state index contributed by atoms with van der Waals surface area (Å²) in [5.74, 6) is 0.136. The van der Waals surface area contributed by atoms with Gasteiger partial charge in [-0.25, -0.2) is 0 Å². The van der Waals surface area contributed by atoms with Crippen LogP contribution in [0.25, 0.3) is 0 Å². The molecule has 2 aromatic carbocycles. The van der Waals surface area contributed by atoms with Crippen LogP contribution in [0.3, 0.4) is 0 Å². The number of benzene rings is 2. The third-order valence-corrected chi connectivity index (χ3v) is 3.36. The quantitative estimate of drug-likeness (QED) is 0.876. The van der Waals surface area contributed by atoms with Crippen LogP contribution in [0, 0.1) is 13.8 Å². The summed E-state index contributed by atoms with van der Waals surface area (Å²) in [6.45, 7) is 5.43. The van der Waals surface area contributed by atoms with Gasteiger partial charge in [-0.3, -0.25) is 4.79 Å². The largest absolute Gasteiger partial charge is 0.481 e. The highest BCUT2D eigenvalue weighted by molar-refractivity contribution is 5.94. The zero-order valence-electron chi connectivity index (χ0n) is 13.6. The maximum Gasteiger partial charge on any atom is 0.416 e. The first-order valence-corrected chi connectivity index (χ1v) is 7.38. The topological polar surface area (TPSA) is 38.3 Å². The molecule has 0 saturated carbocycles. The first kappa shape index (κ1) is 17.8. The van der Waals surface area contributed by atoms with Crippen LogP contribution < -0.4 is 10.1 Å². The average molecular weight is 337 g/mol. The molecule has 0 aliphatic rings. The predicted octanol–water partition coefficient (Wildman–Crippen LogP) is 4.73. The van der Waals surface area contributed by atoms with E-state index >= 15 is 0 Å². The van der Waals surface area contributed by atoms with Crippen molar-refractivity contribution in [2.45, 2.75) is 33.1 Å². The molecule has 2 aromatic rings. The highest BCUT2D eigenvalue weighted by Gasteiger charge is 2.30. The standard InChI is InChI=1S/C18H18F3NO2/c1-11-8-12(2)10-16(9-11)24-13(3)17(23)22-15-6-4-14(5-7-15)18(19,20)21/h4-10,13H,1-3H3,(H,22,23)/t13-/m0/s1. The summed E-state index contributed by atoms with van der Waals surface area (Å²) in [6, 6.07) is 9.88. The number of amides is 1. The Bertz CT molecular complexity index is 704. The molecule has 0 aliphatic carbocycles. The molecule has 0 fully saturated rings. The second-order valence-corrected chi connectivity index (χ2v) is 5.65. The number of hydrogen-bond acceptors (Lipinski definition) is 2. The van der Waals surface area contributed by atoms with Crippen LogP contribution in [0.5, 0.6) is 5.75 Å². The van der Waals surface area contributed by atoms with Crippen LogP contribution >= 0.6 is 0 Å². The number of nitrogens with one attached hydrogen (secondary N) is 1. The number of carbonyl (C=O) groups excluding carboxylic acids is 1. The second-order valence-electron chi connectivity index (χ2n) is 5.65. The third-order valence-electron chi connectivity index (χ3n) is 3.36. The molecule has 0 unspecified atom stereocenters. The van der Waals surface area contributed by atoms with Gasteiger partial charge in [0.25, 0.3) is 5.91 Å². The zero-order valence-corrected chi connectivity index (χ0v) is 13.6. The Morgan fingerprint density at radius 1 is 1.04 bits per heavy atom. The van der Waals surface area contributed by atoms with Gasteiger partial charge in [0.2, 0.25) is 0 Å². The highest BCUT2D eigenvalue weighted by Crippen LogP contribution is 2.29. The number of anilines is 1. The van der Waals surface area contributed by atoms with E-state index < -0.39 is 23.8 Å². The minimum atomic E-state index is -4.40. The number of ether oxygens (including phenoxy) is 1. The first-order valence-electron chi connectivity index (χ1n) is 7.38. The Morgan fingerprint density at radius 3 is 2.08 bits per heavy atom. The van der Waals surface area contributed by atoms with Gasteiger partial charge in [0.05, 0.1) is 5.56 Å². The monoisotopic (exact) mass is 337 g/mol. The minimum absolute atomic E-state index is 0.281. The van der Waals surface area contributed by atoms with E-state index in [2.05, 4.69) is 5.32 Å². The van der Waals surface area contributed by atoms with Gasteiger partial charge in [-0.2, -0.15) is 13.2 Å². The molecule has 0 bridgehead atoms. The van der Waals surface area contributed by atoms with Gasteiger partial charge in [0.15, 0.2) is 6.10 Å². The minimum Gasteiger partial charge on any atom is -0.481 e. The van der Waals surface area contributed by atoms with Crippen LogP contribution in [0.2, 0.25) is 0 Å². The van der Waals surface area contributed by atoms with Crippen LogP contribution in [0.1, 0.15) is 23.6 Å².